The molecule has 0 bridgehead atoms. The van der Waals surface area contributed by atoms with Gasteiger partial charge in [-0.2, -0.15) is 0 Å². The molecule has 0 spiro atoms. The molecule has 1 heterocycles. The Labute approximate surface area is 94.9 Å². The van der Waals surface area contributed by atoms with Crippen LogP contribution in [0.15, 0.2) is 0 Å². The number of rotatable bonds is 3. The lowest BCUT2D eigenvalue weighted by Crippen LogP contribution is -2.34. The maximum absolute atomic E-state index is 11.2. The van der Waals surface area contributed by atoms with Crippen molar-refractivity contribution in [3.05, 3.63) is 11.4 Å². The number of aryl methyl sites for hydroxylation is 1. The molecule has 0 radical (unpaired) electrons. The van der Waals surface area contributed by atoms with E-state index in [0.29, 0.717) is 17.5 Å². The maximum atomic E-state index is 11.2. The van der Waals surface area contributed by atoms with Gasteiger partial charge in [0, 0.05) is 19.7 Å². The molecule has 0 aliphatic rings. The number of nitrogen functional groups attached to an aromatic ring is 1. The minimum atomic E-state index is -0.0725. The Kier molecular flexibility index (Phi) is 3.65. The van der Waals surface area contributed by atoms with E-state index >= 15 is 0 Å². The fourth-order valence-electron chi connectivity index (χ4n) is 1.38. The molecule has 0 aromatic carbocycles. The van der Waals surface area contributed by atoms with Crippen molar-refractivity contribution in [2.45, 2.75) is 13.8 Å². The second kappa shape index (κ2) is 4.78. The summed E-state index contributed by atoms with van der Waals surface area (Å²) in [5, 5.41) is 2.56. The normalized spacial score (nSPS) is 10.0. The number of aromatic nitrogens is 2. The number of amides is 1. The summed E-state index contributed by atoms with van der Waals surface area (Å²) >= 11 is 0. The quantitative estimate of drug-likeness (QED) is 0.745. The summed E-state index contributed by atoms with van der Waals surface area (Å²) in [6, 6.07) is 0. The van der Waals surface area contributed by atoms with Gasteiger partial charge in [0.05, 0.1) is 6.54 Å². The zero-order valence-electron chi connectivity index (χ0n) is 10.0. The minimum absolute atomic E-state index is 0.0725. The third-order valence-corrected chi connectivity index (χ3v) is 2.29. The number of anilines is 2. The molecule has 88 valence electrons. The van der Waals surface area contributed by atoms with Crippen molar-refractivity contribution in [1.82, 2.24) is 15.3 Å². The van der Waals surface area contributed by atoms with Crippen molar-refractivity contribution >= 4 is 17.5 Å². The molecule has 0 saturated heterocycles. The minimum Gasteiger partial charge on any atom is -0.383 e. The van der Waals surface area contributed by atoms with Gasteiger partial charge in [-0.25, -0.2) is 9.97 Å². The molecule has 1 rings (SSSR count). The number of nitrogens with two attached hydrogens (primary N) is 1. The number of hydrogen-bond donors (Lipinski definition) is 2. The van der Waals surface area contributed by atoms with Crippen LogP contribution in [0.3, 0.4) is 0 Å². The Morgan fingerprint density at radius 2 is 2.06 bits per heavy atom. The van der Waals surface area contributed by atoms with Crippen LogP contribution < -0.4 is 16.0 Å². The van der Waals surface area contributed by atoms with Crippen molar-refractivity contribution in [3.63, 3.8) is 0 Å². The lowest BCUT2D eigenvalue weighted by atomic mass is 10.3. The molecule has 3 N–H and O–H groups in total. The Hall–Kier alpha value is -1.85. The maximum Gasteiger partial charge on any atom is 0.239 e. The SMILES string of the molecule is CNC(=O)CN(C)c1nc(C)nc(N)c1C. The van der Waals surface area contributed by atoms with E-state index in [1.54, 1.807) is 25.9 Å². The standard InChI is InChI=1S/C10H17N5O/c1-6-9(11)13-7(2)14-10(6)15(4)5-8(16)12-3/h5H2,1-4H3,(H,12,16)(H2,11,13,14). The van der Waals surface area contributed by atoms with E-state index in [0.717, 1.165) is 5.56 Å². The van der Waals surface area contributed by atoms with Crippen LogP contribution in [0.25, 0.3) is 0 Å². The molecule has 0 fully saturated rings. The summed E-state index contributed by atoms with van der Waals surface area (Å²) in [6.45, 7) is 3.85. The monoisotopic (exact) mass is 223 g/mol. The molecule has 0 saturated carbocycles. The van der Waals surface area contributed by atoms with Crippen molar-refractivity contribution in [3.8, 4) is 0 Å². The lowest BCUT2D eigenvalue weighted by molar-refractivity contribution is -0.119. The highest BCUT2D eigenvalue weighted by molar-refractivity contribution is 5.81. The van der Waals surface area contributed by atoms with Gasteiger partial charge in [0.25, 0.3) is 0 Å². The van der Waals surface area contributed by atoms with E-state index in [2.05, 4.69) is 15.3 Å². The molecule has 1 aromatic rings. The van der Waals surface area contributed by atoms with Gasteiger partial charge >= 0.3 is 0 Å². The van der Waals surface area contributed by atoms with Crippen LogP contribution in [0.4, 0.5) is 11.6 Å². The van der Waals surface area contributed by atoms with Crippen molar-refractivity contribution in [1.29, 1.82) is 0 Å². The summed E-state index contributed by atoms with van der Waals surface area (Å²) < 4.78 is 0. The van der Waals surface area contributed by atoms with Gasteiger partial charge in [-0.3, -0.25) is 4.79 Å². The summed E-state index contributed by atoms with van der Waals surface area (Å²) in [7, 11) is 3.39. The molecule has 1 amide bonds. The van der Waals surface area contributed by atoms with Gasteiger partial charge in [-0.05, 0) is 13.8 Å². The van der Waals surface area contributed by atoms with E-state index in [1.807, 2.05) is 6.92 Å². The number of nitrogens with zero attached hydrogens (tertiary/aromatic N) is 3. The fourth-order valence-corrected chi connectivity index (χ4v) is 1.38. The molecular formula is C10H17N5O. The second-order valence-electron chi connectivity index (χ2n) is 3.63. The molecular weight excluding hydrogens is 206 g/mol. The average molecular weight is 223 g/mol. The molecule has 0 unspecified atom stereocenters. The molecule has 1 aromatic heterocycles. The number of hydrogen-bond acceptors (Lipinski definition) is 5. The highest BCUT2D eigenvalue weighted by atomic mass is 16.1. The number of carbonyl (C=O) groups is 1. The highest BCUT2D eigenvalue weighted by Gasteiger charge is 2.13. The first-order valence-electron chi connectivity index (χ1n) is 4.98. The zero-order valence-corrected chi connectivity index (χ0v) is 10.0. The molecule has 0 aliphatic carbocycles. The summed E-state index contributed by atoms with van der Waals surface area (Å²) in [4.78, 5) is 21.3. The van der Waals surface area contributed by atoms with Crippen LogP contribution in [-0.2, 0) is 4.79 Å². The summed E-state index contributed by atoms with van der Waals surface area (Å²) in [5.74, 6) is 1.67. The fraction of sp³-hybridized carbons (Fsp3) is 0.500. The number of carbonyl (C=O) groups excluding carboxylic acids is 1. The van der Waals surface area contributed by atoms with Crippen molar-refractivity contribution < 1.29 is 4.79 Å². The first kappa shape index (κ1) is 12.2. The van der Waals surface area contributed by atoms with E-state index in [-0.39, 0.29) is 12.5 Å². The summed E-state index contributed by atoms with van der Waals surface area (Å²) in [6.07, 6.45) is 0. The predicted octanol–water partition coefficient (Wildman–Crippen LogP) is -0.142. The molecule has 6 nitrogen and oxygen atoms in total. The third-order valence-electron chi connectivity index (χ3n) is 2.29. The Morgan fingerprint density at radius 1 is 1.44 bits per heavy atom. The van der Waals surface area contributed by atoms with E-state index < -0.39 is 0 Å². The zero-order chi connectivity index (χ0) is 12.3. The Morgan fingerprint density at radius 3 is 2.62 bits per heavy atom. The smallest absolute Gasteiger partial charge is 0.239 e. The van der Waals surface area contributed by atoms with Gasteiger partial charge in [-0.1, -0.05) is 0 Å². The Bertz CT molecular complexity index is 404. The van der Waals surface area contributed by atoms with Crippen LogP contribution in [-0.4, -0.2) is 36.5 Å². The predicted molar refractivity (Wildman–Crippen MR) is 63.3 cm³/mol. The largest absolute Gasteiger partial charge is 0.383 e. The second-order valence-corrected chi connectivity index (χ2v) is 3.63. The van der Waals surface area contributed by atoms with Crippen molar-refractivity contribution in [2.24, 2.45) is 0 Å². The molecule has 0 aliphatic heterocycles. The van der Waals surface area contributed by atoms with E-state index in [4.69, 9.17) is 5.73 Å². The van der Waals surface area contributed by atoms with Gasteiger partial charge in [0.2, 0.25) is 5.91 Å². The van der Waals surface area contributed by atoms with Gasteiger partial charge in [-0.15, -0.1) is 0 Å². The average Bonchev–Trinajstić information content (AvgIpc) is 2.22. The van der Waals surface area contributed by atoms with Crippen LogP contribution in [0, 0.1) is 13.8 Å². The van der Waals surface area contributed by atoms with Crippen molar-refractivity contribution in [2.75, 3.05) is 31.3 Å². The summed E-state index contributed by atoms with van der Waals surface area (Å²) in [5.41, 5.74) is 6.53. The van der Waals surface area contributed by atoms with Crippen LogP contribution in [0.5, 0.6) is 0 Å². The molecule has 0 atom stereocenters. The van der Waals surface area contributed by atoms with Crippen LogP contribution in [0.2, 0.25) is 0 Å². The number of likely N-dealkylation sites (N-methyl/N-ethyl adjacent to an activating group) is 2. The van der Waals surface area contributed by atoms with Crippen LogP contribution >= 0.6 is 0 Å². The third kappa shape index (κ3) is 2.59. The topological polar surface area (TPSA) is 84.1 Å². The van der Waals surface area contributed by atoms with Gasteiger partial charge in [0.1, 0.15) is 17.5 Å². The molecule has 6 heteroatoms. The van der Waals surface area contributed by atoms with Gasteiger partial charge < -0.3 is 16.0 Å². The first-order chi connectivity index (χ1) is 7.45. The Balaban J connectivity index is 2.99. The lowest BCUT2D eigenvalue weighted by Gasteiger charge is -2.20. The van der Waals surface area contributed by atoms with E-state index in [1.165, 1.54) is 0 Å². The molecule has 16 heavy (non-hydrogen) atoms. The number of nitrogens with one attached hydrogen (secondary N) is 1. The van der Waals surface area contributed by atoms with E-state index in [9.17, 15) is 4.79 Å². The first-order valence-corrected chi connectivity index (χ1v) is 4.98. The van der Waals surface area contributed by atoms with Gasteiger partial charge in [0.15, 0.2) is 0 Å². The highest BCUT2D eigenvalue weighted by Crippen LogP contribution is 2.19. The van der Waals surface area contributed by atoms with Crippen LogP contribution in [0.1, 0.15) is 11.4 Å².